The molecule has 44 heavy (non-hydrogen) atoms. The number of amides is 2. The summed E-state index contributed by atoms with van der Waals surface area (Å²) in [5, 5.41) is 2.63. The highest BCUT2D eigenvalue weighted by Crippen LogP contribution is 2.31. The van der Waals surface area contributed by atoms with Crippen molar-refractivity contribution in [3.63, 3.8) is 0 Å². The zero-order valence-corrected chi connectivity index (χ0v) is 24.7. The average molecular weight is 609 g/mol. The predicted molar refractivity (Wildman–Crippen MR) is 166 cm³/mol. The maximum atomic E-state index is 13.1. The maximum Gasteiger partial charge on any atom is 0.338 e. The van der Waals surface area contributed by atoms with Crippen LogP contribution in [0.2, 0.25) is 0 Å². The molecular formula is C33H28N4O6S. The van der Waals surface area contributed by atoms with Crippen LogP contribution in [-0.2, 0) is 24.3 Å². The van der Waals surface area contributed by atoms with Crippen LogP contribution < -0.4 is 10.0 Å². The summed E-state index contributed by atoms with van der Waals surface area (Å²) in [5.41, 5.74) is 4.73. The zero-order chi connectivity index (χ0) is 31.3. The molecule has 0 fully saturated rings. The number of rotatable bonds is 9. The Morgan fingerprint density at radius 1 is 0.773 bits per heavy atom. The van der Waals surface area contributed by atoms with Crippen LogP contribution in [0.4, 0.5) is 5.69 Å². The molecule has 0 spiro atoms. The van der Waals surface area contributed by atoms with Gasteiger partial charge in [-0.1, -0.05) is 67.6 Å². The van der Waals surface area contributed by atoms with Gasteiger partial charge in [0.05, 0.1) is 32.9 Å². The van der Waals surface area contributed by atoms with Gasteiger partial charge in [0, 0.05) is 23.7 Å². The number of nitrogens with one attached hydrogen (secondary N) is 2. The minimum Gasteiger partial charge on any atom is -0.449 e. The van der Waals surface area contributed by atoms with Gasteiger partial charge >= 0.3 is 5.97 Å². The molecule has 0 saturated carbocycles. The Labute approximate surface area is 254 Å². The molecule has 5 rings (SSSR count). The topological polar surface area (TPSA) is 144 Å². The molecule has 0 aliphatic heterocycles. The van der Waals surface area contributed by atoms with E-state index in [1.807, 2.05) is 65.4 Å². The smallest absolute Gasteiger partial charge is 0.338 e. The molecule has 1 unspecified atom stereocenters. The normalized spacial score (nSPS) is 11.9. The molecule has 4 aromatic carbocycles. The van der Waals surface area contributed by atoms with Crippen LogP contribution in [0.5, 0.6) is 0 Å². The Balaban J connectivity index is 1.36. The molecule has 0 aliphatic rings. The van der Waals surface area contributed by atoms with E-state index in [1.54, 1.807) is 25.1 Å². The Morgan fingerprint density at radius 3 is 1.89 bits per heavy atom. The molecule has 1 heterocycles. The number of hydrogen-bond donors (Lipinski definition) is 2. The van der Waals surface area contributed by atoms with Crippen LogP contribution >= 0.6 is 0 Å². The first-order chi connectivity index (χ1) is 21.1. The van der Waals surface area contributed by atoms with Gasteiger partial charge in [0.25, 0.3) is 15.9 Å². The highest BCUT2D eigenvalue weighted by Gasteiger charge is 2.23. The van der Waals surface area contributed by atoms with Gasteiger partial charge in [0.2, 0.25) is 5.91 Å². The Bertz CT molecular complexity index is 1950. The number of sulfonamides is 1. The average Bonchev–Trinajstić information content (AvgIpc) is 3.03. The molecule has 10 nitrogen and oxygen atoms in total. The zero-order valence-electron chi connectivity index (χ0n) is 23.9. The Morgan fingerprint density at radius 2 is 1.34 bits per heavy atom. The van der Waals surface area contributed by atoms with Crippen LogP contribution in [0.3, 0.4) is 0 Å². The molecule has 2 amide bonds. The fraction of sp³-hybridized carbons (Fsp3) is 0.121. The second-order valence-electron chi connectivity index (χ2n) is 9.83. The van der Waals surface area contributed by atoms with Gasteiger partial charge in [-0.05, 0) is 48.9 Å². The summed E-state index contributed by atoms with van der Waals surface area (Å²) < 4.78 is 31.7. The van der Waals surface area contributed by atoms with Gasteiger partial charge in [0.1, 0.15) is 0 Å². The fourth-order valence-corrected chi connectivity index (χ4v) is 5.47. The second kappa shape index (κ2) is 12.8. The summed E-state index contributed by atoms with van der Waals surface area (Å²) in [6, 6.07) is 29.5. The Kier molecular flexibility index (Phi) is 8.77. The second-order valence-corrected chi connectivity index (χ2v) is 11.5. The first kappa shape index (κ1) is 30.1. The summed E-state index contributed by atoms with van der Waals surface area (Å²) in [4.78, 5) is 46.8. The first-order valence-corrected chi connectivity index (χ1v) is 15.2. The number of hydrogen-bond acceptors (Lipinski definition) is 8. The van der Waals surface area contributed by atoms with Crippen molar-refractivity contribution in [2.75, 3.05) is 5.32 Å². The van der Waals surface area contributed by atoms with Crippen LogP contribution in [0.1, 0.15) is 30.6 Å². The number of anilines is 1. The molecule has 0 radical (unpaired) electrons. The third-order valence-electron chi connectivity index (χ3n) is 6.62. The van der Waals surface area contributed by atoms with Gasteiger partial charge in [-0.2, -0.15) is 0 Å². The summed E-state index contributed by atoms with van der Waals surface area (Å²) in [6.45, 7) is 2.79. The lowest BCUT2D eigenvalue weighted by molar-refractivity contribution is -0.124. The lowest BCUT2D eigenvalue weighted by atomic mass is 10.0. The summed E-state index contributed by atoms with van der Waals surface area (Å²) >= 11 is 0. The number of carbonyl (C=O) groups is 3. The standard InChI is InChI=1S/C33H28N4O6S/c1-3-29(32(39)34-25-15-17-26(18-16-25)44(41,42)37-21(2)38)43-33(40)24-14-19-27-28(20-24)36-31(23-12-8-5-9-13-23)30(35-27)22-10-6-4-7-11-22/h4-20,29H,3H2,1-2H3,(H,34,39)(H,37,38). The monoisotopic (exact) mass is 608 g/mol. The fourth-order valence-electron chi connectivity index (χ4n) is 4.48. The third kappa shape index (κ3) is 6.79. The van der Waals surface area contributed by atoms with Gasteiger partial charge in [-0.15, -0.1) is 0 Å². The molecule has 0 saturated heterocycles. The van der Waals surface area contributed by atoms with Gasteiger partial charge in [-0.3, -0.25) is 9.59 Å². The third-order valence-corrected chi connectivity index (χ3v) is 8.07. The van der Waals surface area contributed by atoms with Gasteiger partial charge < -0.3 is 10.1 Å². The number of fused-ring (bicyclic) bond motifs is 1. The van der Waals surface area contributed by atoms with Crippen molar-refractivity contribution < 1.29 is 27.5 Å². The van der Waals surface area contributed by atoms with Crippen molar-refractivity contribution in [1.82, 2.24) is 14.7 Å². The van der Waals surface area contributed by atoms with Crippen molar-refractivity contribution in [2.24, 2.45) is 0 Å². The van der Waals surface area contributed by atoms with E-state index in [4.69, 9.17) is 14.7 Å². The lowest BCUT2D eigenvalue weighted by Gasteiger charge is -2.17. The maximum absolute atomic E-state index is 13.1. The number of esters is 1. The van der Waals surface area contributed by atoms with Crippen LogP contribution in [0, 0.1) is 0 Å². The van der Waals surface area contributed by atoms with Crippen molar-refractivity contribution >= 4 is 44.5 Å². The number of carbonyl (C=O) groups excluding carboxylic acids is 3. The summed E-state index contributed by atoms with van der Waals surface area (Å²) in [5.74, 6) is -2.01. The summed E-state index contributed by atoms with van der Waals surface area (Å²) in [7, 11) is -4.01. The summed E-state index contributed by atoms with van der Waals surface area (Å²) in [6.07, 6.45) is -0.925. The quantitative estimate of drug-likeness (QED) is 0.213. The van der Waals surface area contributed by atoms with Crippen molar-refractivity contribution in [1.29, 1.82) is 0 Å². The first-order valence-electron chi connectivity index (χ1n) is 13.7. The molecule has 0 aliphatic carbocycles. The van der Waals surface area contributed by atoms with Crippen LogP contribution in [0.15, 0.2) is 108 Å². The van der Waals surface area contributed by atoms with Crippen molar-refractivity contribution in [3.05, 3.63) is 109 Å². The van der Waals surface area contributed by atoms with Gasteiger partial charge in [0.15, 0.2) is 6.10 Å². The van der Waals surface area contributed by atoms with E-state index in [0.717, 1.165) is 18.1 Å². The number of aromatic nitrogens is 2. The van der Waals surface area contributed by atoms with E-state index in [0.29, 0.717) is 22.4 Å². The largest absolute Gasteiger partial charge is 0.449 e. The van der Waals surface area contributed by atoms with Crippen LogP contribution in [-0.4, -0.2) is 42.3 Å². The molecular weight excluding hydrogens is 580 g/mol. The van der Waals surface area contributed by atoms with Gasteiger partial charge in [-0.25, -0.2) is 27.9 Å². The lowest BCUT2D eigenvalue weighted by Crippen LogP contribution is -2.32. The van der Waals surface area contributed by atoms with E-state index in [1.165, 1.54) is 24.3 Å². The van der Waals surface area contributed by atoms with E-state index < -0.39 is 33.9 Å². The highest BCUT2D eigenvalue weighted by molar-refractivity contribution is 7.90. The van der Waals surface area contributed by atoms with Crippen molar-refractivity contribution in [2.45, 2.75) is 31.3 Å². The number of ether oxygens (including phenoxy) is 1. The van der Waals surface area contributed by atoms with E-state index >= 15 is 0 Å². The molecule has 2 N–H and O–H groups in total. The highest BCUT2D eigenvalue weighted by atomic mass is 32.2. The van der Waals surface area contributed by atoms with Crippen molar-refractivity contribution in [3.8, 4) is 22.5 Å². The molecule has 222 valence electrons. The van der Waals surface area contributed by atoms with E-state index in [9.17, 15) is 22.8 Å². The number of benzene rings is 4. The van der Waals surface area contributed by atoms with Crippen LogP contribution in [0.25, 0.3) is 33.5 Å². The van der Waals surface area contributed by atoms with E-state index in [-0.39, 0.29) is 22.6 Å². The Hall–Kier alpha value is -5.42. The minimum atomic E-state index is -4.01. The minimum absolute atomic E-state index is 0.144. The molecule has 1 atom stereocenters. The molecule has 5 aromatic rings. The number of nitrogens with zero attached hydrogens (tertiary/aromatic N) is 2. The predicted octanol–water partition coefficient (Wildman–Crippen LogP) is 5.36. The molecule has 0 bridgehead atoms. The molecule has 1 aromatic heterocycles. The SMILES string of the molecule is CCC(OC(=O)c1ccc2nc(-c3ccccc3)c(-c3ccccc3)nc2c1)C(=O)Nc1ccc(S(=O)(=O)NC(C)=O)cc1. The van der Waals surface area contributed by atoms with E-state index in [2.05, 4.69) is 5.32 Å². The molecule has 11 heteroatoms.